The molecule has 3 aliphatic rings. The van der Waals surface area contributed by atoms with Crippen LogP contribution in [-0.4, -0.2) is 29.7 Å². The highest BCUT2D eigenvalue weighted by molar-refractivity contribution is 5.25. The van der Waals surface area contributed by atoms with E-state index in [1.54, 1.807) is 6.08 Å². The van der Waals surface area contributed by atoms with E-state index in [0.29, 0.717) is 0 Å². The van der Waals surface area contributed by atoms with Crippen LogP contribution in [0.2, 0.25) is 0 Å². The average Bonchev–Trinajstić information content (AvgIpc) is 2.74. The number of hydrogen-bond acceptors (Lipinski definition) is 2. The lowest BCUT2D eigenvalue weighted by molar-refractivity contribution is 0.121. The third-order valence-corrected chi connectivity index (χ3v) is 6.94. The first-order valence-corrected chi connectivity index (χ1v) is 11.3. The van der Waals surface area contributed by atoms with Gasteiger partial charge in [-0.2, -0.15) is 0 Å². The Bertz CT molecular complexity index is 684. The summed E-state index contributed by atoms with van der Waals surface area (Å²) in [4.78, 5) is 2.57. The van der Waals surface area contributed by atoms with Gasteiger partial charge in [0.15, 0.2) is 0 Å². The molecule has 0 aromatic heterocycles. The lowest BCUT2D eigenvalue weighted by atomic mass is 9.69. The van der Waals surface area contributed by atoms with Crippen molar-refractivity contribution in [2.45, 2.75) is 76.2 Å². The number of rotatable bonds is 6. The van der Waals surface area contributed by atoms with Crippen LogP contribution in [0.4, 0.5) is 4.39 Å². The van der Waals surface area contributed by atoms with Gasteiger partial charge in [-0.05, 0) is 49.9 Å². The third kappa shape index (κ3) is 4.75. The zero-order valence-corrected chi connectivity index (χ0v) is 17.1. The molecule has 0 amide bonds. The maximum absolute atomic E-state index is 14.7. The number of nitrogens with one attached hydrogen (secondary N) is 1. The van der Waals surface area contributed by atoms with Crippen LogP contribution in [0.1, 0.15) is 62.5 Å². The fourth-order valence-corrected chi connectivity index (χ4v) is 5.37. The first-order valence-electron chi connectivity index (χ1n) is 11.3. The Balaban J connectivity index is 1.43. The maximum Gasteiger partial charge on any atom is 0.127 e. The number of nitrogens with zero attached hydrogens (tertiary/aromatic N) is 1. The molecular weight excluding hydrogens is 347 g/mol. The van der Waals surface area contributed by atoms with Crippen molar-refractivity contribution in [2.75, 3.05) is 13.1 Å². The normalized spacial score (nSPS) is 27.8. The number of piperidine rings is 1. The first kappa shape index (κ1) is 19.8. The van der Waals surface area contributed by atoms with Gasteiger partial charge in [-0.1, -0.05) is 74.3 Å². The largest absolute Gasteiger partial charge is 0.306 e. The molecule has 2 fully saturated rings. The molecule has 1 aromatic carbocycles. The topological polar surface area (TPSA) is 15.3 Å². The van der Waals surface area contributed by atoms with Crippen LogP contribution in [-0.2, 0) is 13.1 Å². The van der Waals surface area contributed by atoms with Crippen molar-refractivity contribution in [2.24, 2.45) is 5.92 Å². The molecule has 2 nitrogen and oxygen atoms in total. The summed E-state index contributed by atoms with van der Waals surface area (Å²) >= 11 is 0. The smallest absolute Gasteiger partial charge is 0.127 e. The van der Waals surface area contributed by atoms with Gasteiger partial charge in [0.05, 0.1) is 0 Å². The summed E-state index contributed by atoms with van der Waals surface area (Å²) in [6.45, 7) is 4.34. The standard InChI is InChI=1S/C25H35FN2/c26-24-13-4-3-12-23(24)25(14-5-1-6-15-25)27-19-21-10-9-11-22(18-21)20-28-16-7-2-8-17-28/h3-4,9-13,18,23-24,27H,1-2,5-8,14-17,19-20H2. The van der Waals surface area contributed by atoms with Crippen molar-refractivity contribution in [3.63, 3.8) is 0 Å². The van der Waals surface area contributed by atoms with Gasteiger partial charge in [-0.3, -0.25) is 4.90 Å². The average molecular weight is 383 g/mol. The predicted octanol–water partition coefficient (Wildman–Crippen LogP) is 5.55. The molecule has 2 unspecified atom stereocenters. The van der Waals surface area contributed by atoms with E-state index >= 15 is 0 Å². The molecule has 1 saturated heterocycles. The first-order chi connectivity index (χ1) is 13.8. The van der Waals surface area contributed by atoms with Crippen LogP contribution < -0.4 is 5.32 Å². The van der Waals surface area contributed by atoms with Gasteiger partial charge in [0.25, 0.3) is 0 Å². The molecule has 0 bridgehead atoms. The van der Waals surface area contributed by atoms with Gasteiger partial charge in [0.1, 0.15) is 6.17 Å². The van der Waals surface area contributed by atoms with Crippen molar-refractivity contribution in [3.05, 3.63) is 59.7 Å². The summed E-state index contributed by atoms with van der Waals surface area (Å²) in [7, 11) is 0. The molecule has 1 saturated carbocycles. The Hall–Kier alpha value is -1.45. The van der Waals surface area contributed by atoms with E-state index < -0.39 is 6.17 Å². The van der Waals surface area contributed by atoms with E-state index in [4.69, 9.17) is 0 Å². The van der Waals surface area contributed by atoms with Crippen LogP contribution in [0.15, 0.2) is 48.6 Å². The monoisotopic (exact) mass is 382 g/mol. The Morgan fingerprint density at radius 3 is 2.43 bits per heavy atom. The molecule has 2 atom stereocenters. The van der Waals surface area contributed by atoms with E-state index in [2.05, 4.69) is 40.6 Å². The minimum atomic E-state index is -0.874. The van der Waals surface area contributed by atoms with E-state index in [1.165, 1.54) is 62.7 Å². The molecule has 4 rings (SSSR count). The predicted molar refractivity (Wildman–Crippen MR) is 115 cm³/mol. The van der Waals surface area contributed by atoms with Crippen molar-refractivity contribution >= 4 is 0 Å². The second-order valence-electron chi connectivity index (χ2n) is 8.97. The van der Waals surface area contributed by atoms with Crippen LogP contribution >= 0.6 is 0 Å². The van der Waals surface area contributed by atoms with Crippen molar-refractivity contribution in [1.82, 2.24) is 10.2 Å². The van der Waals surface area contributed by atoms with Gasteiger partial charge in [-0.25, -0.2) is 4.39 Å². The van der Waals surface area contributed by atoms with Gasteiger partial charge >= 0.3 is 0 Å². The summed E-state index contributed by atoms with van der Waals surface area (Å²) in [6, 6.07) is 9.00. The SMILES string of the molecule is FC1C=CC=CC1C1(NCc2cccc(CN3CCCCC3)c2)CCCCC1. The summed E-state index contributed by atoms with van der Waals surface area (Å²) in [5.74, 6) is -0.0469. The molecule has 1 aliphatic heterocycles. The van der Waals surface area contributed by atoms with Gasteiger partial charge < -0.3 is 5.32 Å². The number of likely N-dealkylation sites (tertiary alicyclic amines) is 1. The fourth-order valence-electron chi connectivity index (χ4n) is 5.37. The van der Waals surface area contributed by atoms with Crippen molar-refractivity contribution in [3.8, 4) is 0 Å². The zero-order chi connectivity index (χ0) is 19.2. The zero-order valence-electron chi connectivity index (χ0n) is 17.1. The van der Waals surface area contributed by atoms with E-state index in [0.717, 1.165) is 25.9 Å². The minimum Gasteiger partial charge on any atom is -0.306 e. The summed E-state index contributed by atoms with van der Waals surface area (Å²) in [5.41, 5.74) is 2.62. The minimum absolute atomic E-state index is 0.0469. The molecule has 1 heterocycles. The van der Waals surface area contributed by atoms with E-state index in [9.17, 15) is 4.39 Å². The number of halogens is 1. The Labute approximate surface area is 169 Å². The molecule has 1 aromatic rings. The molecule has 152 valence electrons. The van der Waals surface area contributed by atoms with Crippen molar-refractivity contribution < 1.29 is 4.39 Å². The van der Waals surface area contributed by atoms with Crippen LogP contribution in [0, 0.1) is 5.92 Å². The number of benzene rings is 1. The highest BCUT2D eigenvalue weighted by Crippen LogP contribution is 2.39. The highest BCUT2D eigenvalue weighted by Gasteiger charge is 2.42. The van der Waals surface area contributed by atoms with Crippen LogP contribution in [0.25, 0.3) is 0 Å². The van der Waals surface area contributed by atoms with Gasteiger partial charge in [0, 0.05) is 24.5 Å². The lowest BCUT2D eigenvalue weighted by Gasteiger charge is -2.45. The van der Waals surface area contributed by atoms with Gasteiger partial charge in [-0.15, -0.1) is 0 Å². The molecule has 28 heavy (non-hydrogen) atoms. The summed E-state index contributed by atoms with van der Waals surface area (Å²) in [5, 5.41) is 3.84. The number of alkyl halides is 1. The third-order valence-electron chi connectivity index (χ3n) is 6.94. The fraction of sp³-hybridized carbons (Fsp3) is 0.600. The van der Waals surface area contributed by atoms with E-state index in [-0.39, 0.29) is 11.5 Å². The Kier molecular flexibility index (Phi) is 6.64. The number of hydrogen-bond donors (Lipinski definition) is 1. The highest BCUT2D eigenvalue weighted by atomic mass is 19.1. The number of allylic oxidation sites excluding steroid dienone is 3. The Morgan fingerprint density at radius 2 is 1.64 bits per heavy atom. The molecule has 0 spiro atoms. The van der Waals surface area contributed by atoms with Gasteiger partial charge in [0.2, 0.25) is 0 Å². The quantitative estimate of drug-likeness (QED) is 0.694. The molecule has 2 aliphatic carbocycles. The Morgan fingerprint density at radius 1 is 0.929 bits per heavy atom. The van der Waals surface area contributed by atoms with Crippen molar-refractivity contribution in [1.29, 1.82) is 0 Å². The summed E-state index contributed by atoms with van der Waals surface area (Å²) in [6.07, 6.45) is 16.7. The molecule has 0 radical (unpaired) electrons. The lowest BCUT2D eigenvalue weighted by Crippen LogP contribution is -2.54. The molecular formula is C25H35FN2. The second kappa shape index (κ2) is 9.37. The maximum atomic E-state index is 14.7. The van der Waals surface area contributed by atoms with Crippen LogP contribution in [0.3, 0.4) is 0 Å². The second-order valence-corrected chi connectivity index (χ2v) is 8.97. The van der Waals surface area contributed by atoms with E-state index in [1.807, 2.05) is 12.2 Å². The molecule has 3 heteroatoms. The van der Waals surface area contributed by atoms with Crippen LogP contribution in [0.5, 0.6) is 0 Å². The molecule has 1 N–H and O–H groups in total. The summed E-state index contributed by atoms with van der Waals surface area (Å²) < 4.78 is 14.7.